The molecule has 0 spiro atoms. The van der Waals surface area contributed by atoms with Crippen LogP contribution < -0.4 is 5.32 Å². The number of anilines is 2. The van der Waals surface area contributed by atoms with Gasteiger partial charge in [0.1, 0.15) is 0 Å². The minimum atomic E-state index is 0.0200. The molecule has 4 rings (SSSR count). The molecule has 7 heteroatoms. The van der Waals surface area contributed by atoms with E-state index in [0.29, 0.717) is 11.2 Å². The van der Waals surface area contributed by atoms with Crippen LogP contribution >= 0.6 is 27.7 Å². The van der Waals surface area contributed by atoms with Crippen molar-refractivity contribution in [3.8, 4) is 0 Å². The lowest BCUT2D eigenvalue weighted by Gasteiger charge is -2.27. The Hall–Kier alpha value is -2.12. The predicted octanol–water partition coefficient (Wildman–Crippen LogP) is 4.94. The summed E-state index contributed by atoms with van der Waals surface area (Å²) in [6.07, 6.45) is 1.66. The van der Waals surface area contributed by atoms with E-state index in [-0.39, 0.29) is 5.91 Å². The Balaban J connectivity index is 1.81. The molecule has 5 nitrogen and oxygen atoms in total. The fourth-order valence-corrected chi connectivity index (χ4v) is 4.42. The van der Waals surface area contributed by atoms with Crippen LogP contribution in [0.15, 0.2) is 41.0 Å². The second-order valence-corrected chi connectivity index (χ2v) is 8.94. The van der Waals surface area contributed by atoms with Gasteiger partial charge in [-0.1, -0.05) is 15.9 Å². The maximum atomic E-state index is 13.3. The lowest BCUT2D eigenvalue weighted by atomic mass is 10.1. The molecule has 1 aromatic carbocycles. The Morgan fingerprint density at radius 3 is 2.71 bits per heavy atom. The van der Waals surface area contributed by atoms with E-state index in [1.165, 1.54) is 0 Å². The van der Waals surface area contributed by atoms with Crippen LogP contribution in [0, 0.1) is 13.8 Å². The third-order valence-corrected chi connectivity index (χ3v) is 6.66. The first-order valence-corrected chi connectivity index (χ1v) is 11.1. The van der Waals surface area contributed by atoms with E-state index < -0.39 is 0 Å². The number of carbonyl (C=O) groups is 1. The molecule has 1 amide bonds. The molecular formula is C21H21BrN4OS. The van der Waals surface area contributed by atoms with Gasteiger partial charge in [0.25, 0.3) is 5.91 Å². The van der Waals surface area contributed by atoms with Gasteiger partial charge >= 0.3 is 0 Å². The van der Waals surface area contributed by atoms with Gasteiger partial charge in [-0.05, 0) is 49.7 Å². The highest BCUT2D eigenvalue weighted by Gasteiger charge is 2.23. The van der Waals surface area contributed by atoms with Crippen molar-refractivity contribution in [2.45, 2.75) is 13.8 Å². The van der Waals surface area contributed by atoms with Crippen LogP contribution in [0.5, 0.6) is 0 Å². The Labute approximate surface area is 177 Å². The third-order valence-electron chi connectivity index (χ3n) is 4.82. The van der Waals surface area contributed by atoms with Crippen LogP contribution in [0.4, 0.5) is 11.4 Å². The van der Waals surface area contributed by atoms with Gasteiger partial charge in [-0.2, -0.15) is 11.8 Å². The number of amides is 1. The van der Waals surface area contributed by atoms with Crippen LogP contribution in [0.3, 0.4) is 0 Å². The van der Waals surface area contributed by atoms with E-state index >= 15 is 0 Å². The number of thioether (sulfide) groups is 1. The summed E-state index contributed by atoms with van der Waals surface area (Å²) in [4.78, 5) is 24.2. The topological polar surface area (TPSA) is 58.1 Å². The lowest BCUT2D eigenvalue weighted by Crippen LogP contribution is -2.38. The molecule has 1 fully saturated rings. The molecule has 1 aliphatic heterocycles. The minimum absolute atomic E-state index is 0.0200. The van der Waals surface area contributed by atoms with Gasteiger partial charge in [0.05, 0.1) is 11.3 Å². The van der Waals surface area contributed by atoms with Crippen molar-refractivity contribution in [3.63, 3.8) is 0 Å². The standard InChI is InChI=1S/C21H21BrN4OS/c1-13-11-15(4-6-18(13)22)25-19-16-5-3-14(2)24-20(16)23-12-17(19)21(27)26-7-9-28-10-8-26/h3-6,11-12H,7-10H2,1-2H3,(H,23,24,25). The fourth-order valence-electron chi connectivity index (χ4n) is 3.27. The molecule has 0 saturated carbocycles. The molecule has 1 N–H and O–H groups in total. The first-order chi connectivity index (χ1) is 13.5. The van der Waals surface area contributed by atoms with Crippen LogP contribution in [0.2, 0.25) is 0 Å². The Morgan fingerprint density at radius 2 is 1.96 bits per heavy atom. The second-order valence-electron chi connectivity index (χ2n) is 6.86. The molecule has 1 aliphatic rings. The number of hydrogen-bond acceptors (Lipinski definition) is 5. The van der Waals surface area contributed by atoms with Gasteiger partial charge in [-0.25, -0.2) is 9.97 Å². The average molecular weight is 457 g/mol. The fraction of sp³-hybridized carbons (Fsp3) is 0.286. The van der Waals surface area contributed by atoms with E-state index in [1.807, 2.05) is 54.8 Å². The molecule has 2 aromatic heterocycles. The van der Waals surface area contributed by atoms with E-state index in [1.54, 1.807) is 6.20 Å². The first kappa shape index (κ1) is 19.2. The number of pyridine rings is 2. The van der Waals surface area contributed by atoms with Crippen molar-refractivity contribution < 1.29 is 4.79 Å². The number of halogens is 1. The van der Waals surface area contributed by atoms with Crippen molar-refractivity contribution in [1.82, 2.24) is 14.9 Å². The number of carbonyl (C=O) groups excluding carboxylic acids is 1. The monoisotopic (exact) mass is 456 g/mol. The highest BCUT2D eigenvalue weighted by molar-refractivity contribution is 9.10. The minimum Gasteiger partial charge on any atom is -0.354 e. The third kappa shape index (κ3) is 3.86. The quantitative estimate of drug-likeness (QED) is 0.604. The number of aryl methyl sites for hydroxylation is 2. The Morgan fingerprint density at radius 1 is 1.18 bits per heavy atom. The van der Waals surface area contributed by atoms with Crippen molar-refractivity contribution in [3.05, 3.63) is 57.8 Å². The number of aromatic nitrogens is 2. The molecule has 1 saturated heterocycles. The van der Waals surface area contributed by atoms with Crippen LogP contribution in [0.1, 0.15) is 21.6 Å². The summed E-state index contributed by atoms with van der Waals surface area (Å²) in [7, 11) is 0. The first-order valence-electron chi connectivity index (χ1n) is 9.19. The maximum Gasteiger partial charge on any atom is 0.257 e. The number of fused-ring (bicyclic) bond motifs is 1. The summed E-state index contributed by atoms with van der Waals surface area (Å²) in [6, 6.07) is 10.0. The van der Waals surface area contributed by atoms with Crippen molar-refractivity contribution in [1.29, 1.82) is 0 Å². The summed E-state index contributed by atoms with van der Waals surface area (Å²) in [5.41, 5.74) is 4.95. The van der Waals surface area contributed by atoms with Crippen LogP contribution in [0.25, 0.3) is 11.0 Å². The molecule has 0 bridgehead atoms. The molecule has 0 unspecified atom stereocenters. The molecule has 0 atom stereocenters. The normalized spacial score (nSPS) is 14.3. The van der Waals surface area contributed by atoms with Gasteiger partial charge in [0, 0.05) is 52.0 Å². The van der Waals surface area contributed by atoms with Crippen molar-refractivity contribution >= 4 is 56.0 Å². The number of nitrogens with zero attached hydrogens (tertiary/aromatic N) is 3. The van der Waals surface area contributed by atoms with Crippen molar-refractivity contribution in [2.24, 2.45) is 0 Å². The number of nitrogens with one attached hydrogen (secondary N) is 1. The van der Waals surface area contributed by atoms with Gasteiger partial charge in [0.15, 0.2) is 5.65 Å². The summed E-state index contributed by atoms with van der Waals surface area (Å²) >= 11 is 5.43. The molecule has 144 valence electrons. The lowest BCUT2D eigenvalue weighted by molar-refractivity contribution is 0.0773. The zero-order valence-corrected chi connectivity index (χ0v) is 18.2. The highest BCUT2D eigenvalue weighted by atomic mass is 79.9. The number of hydrogen-bond donors (Lipinski definition) is 1. The molecular weight excluding hydrogens is 436 g/mol. The largest absolute Gasteiger partial charge is 0.354 e. The second kappa shape index (κ2) is 8.09. The van der Waals surface area contributed by atoms with E-state index in [4.69, 9.17) is 0 Å². The van der Waals surface area contributed by atoms with E-state index in [0.717, 1.165) is 57.1 Å². The number of benzene rings is 1. The van der Waals surface area contributed by atoms with Gasteiger partial charge in [0.2, 0.25) is 0 Å². The van der Waals surface area contributed by atoms with Crippen LogP contribution in [-0.2, 0) is 0 Å². The average Bonchev–Trinajstić information content (AvgIpc) is 2.71. The van der Waals surface area contributed by atoms with E-state index in [2.05, 4.69) is 37.3 Å². The summed E-state index contributed by atoms with van der Waals surface area (Å²) in [5, 5.41) is 4.32. The van der Waals surface area contributed by atoms with Crippen LogP contribution in [-0.4, -0.2) is 45.4 Å². The van der Waals surface area contributed by atoms with Crippen molar-refractivity contribution in [2.75, 3.05) is 29.9 Å². The summed E-state index contributed by atoms with van der Waals surface area (Å²) in [6.45, 7) is 5.52. The molecule has 3 heterocycles. The SMILES string of the molecule is Cc1ccc2c(Nc3ccc(Br)c(C)c3)c(C(=O)N3CCSCC3)cnc2n1. The predicted molar refractivity (Wildman–Crippen MR) is 120 cm³/mol. The van der Waals surface area contributed by atoms with E-state index in [9.17, 15) is 4.79 Å². The van der Waals surface area contributed by atoms with Gasteiger partial charge < -0.3 is 10.2 Å². The molecule has 0 radical (unpaired) electrons. The maximum absolute atomic E-state index is 13.3. The zero-order chi connectivity index (χ0) is 19.7. The smallest absolute Gasteiger partial charge is 0.257 e. The summed E-state index contributed by atoms with van der Waals surface area (Å²) in [5.74, 6) is 1.97. The molecule has 0 aliphatic carbocycles. The Bertz CT molecular complexity index is 1050. The highest BCUT2D eigenvalue weighted by Crippen LogP contribution is 2.31. The molecule has 28 heavy (non-hydrogen) atoms. The molecule has 3 aromatic rings. The van der Waals surface area contributed by atoms with Gasteiger partial charge in [-0.3, -0.25) is 4.79 Å². The zero-order valence-electron chi connectivity index (χ0n) is 15.8. The van der Waals surface area contributed by atoms with Gasteiger partial charge in [-0.15, -0.1) is 0 Å². The summed E-state index contributed by atoms with van der Waals surface area (Å²) < 4.78 is 1.05. The Kier molecular flexibility index (Phi) is 5.55. The number of rotatable bonds is 3.